The van der Waals surface area contributed by atoms with Gasteiger partial charge in [-0.25, -0.2) is 9.59 Å². The number of alkyl carbamates (subject to hydrolysis) is 1. The first-order valence-electron chi connectivity index (χ1n) is 16.0. The summed E-state index contributed by atoms with van der Waals surface area (Å²) < 4.78 is 11.4. The Labute approximate surface area is 269 Å². The second-order valence-corrected chi connectivity index (χ2v) is 13.3. The van der Waals surface area contributed by atoms with Crippen molar-refractivity contribution in [2.45, 2.75) is 116 Å². The van der Waals surface area contributed by atoms with Crippen molar-refractivity contribution in [3.8, 4) is 0 Å². The molecule has 0 radical (unpaired) electrons. The molecule has 0 spiro atoms. The van der Waals surface area contributed by atoms with Crippen molar-refractivity contribution in [3.63, 3.8) is 0 Å². The number of hydrogen-bond acceptors (Lipinski definition) is 8. The van der Waals surface area contributed by atoms with E-state index in [1.165, 1.54) is 0 Å². The SMILES string of the molecule is CC(C)(C)OC(=O)NCc1ccc(COC2CCC(NC(=O)NCc3ccc4c(c3)CN(C3CCC(=O)NC3=O)C4O)CC2)cc1. The summed E-state index contributed by atoms with van der Waals surface area (Å²) >= 11 is 0. The number of aliphatic hydroxyl groups excluding tert-OH is 1. The lowest BCUT2D eigenvalue weighted by molar-refractivity contribution is -0.141. The Morgan fingerprint density at radius 2 is 1.61 bits per heavy atom. The molecule has 2 atom stereocenters. The van der Waals surface area contributed by atoms with Gasteiger partial charge in [0.15, 0.2) is 0 Å². The van der Waals surface area contributed by atoms with Gasteiger partial charge in [-0.2, -0.15) is 0 Å². The number of urea groups is 1. The summed E-state index contributed by atoms with van der Waals surface area (Å²) in [6, 6.07) is 12.9. The average Bonchev–Trinajstić information content (AvgIpc) is 3.33. The van der Waals surface area contributed by atoms with Crippen molar-refractivity contribution in [2.24, 2.45) is 0 Å². The molecule has 248 valence electrons. The van der Waals surface area contributed by atoms with E-state index in [9.17, 15) is 24.3 Å². The van der Waals surface area contributed by atoms with E-state index in [2.05, 4.69) is 21.3 Å². The minimum Gasteiger partial charge on any atom is -0.444 e. The summed E-state index contributed by atoms with van der Waals surface area (Å²) in [4.78, 5) is 50.0. The van der Waals surface area contributed by atoms with Crippen LogP contribution >= 0.6 is 0 Å². The lowest BCUT2D eigenvalue weighted by Crippen LogP contribution is -2.51. The molecule has 2 aromatic rings. The van der Waals surface area contributed by atoms with Gasteiger partial charge >= 0.3 is 12.1 Å². The molecule has 1 saturated carbocycles. The fourth-order valence-electron chi connectivity index (χ4n) is 6.15. The molecule has 5 amide bonds. The number of aliphatic hydroxyl groups is 1. The monoisotopic (exact) mass is 635 g/mol. The minimum absolute atomic E-state index is 0.0776. The number of benzene rings is 2. The Hall–Kier alpha value is -4.00. The number of nitrogens with zero attached hydrogens (tertiary/aromatic N) is 1. The summed E-state index contributed by atoms with van der Waals surface area (Å²) in [7, 11) is 0. The summed E-state index contributed by atoms with van der Waals surface area (Å²) in [5.74, 6) is -0.661. The molecule has 1 saturated heterocycles. The normalized spacial score (nSPS) is 23.3. The van der Waals surface area contributed by atoms with Gasteiger partial charge in [-0.1, -0.05) is 42.5 Å². The summed E-state index contributed by atoms with van der Waals surface area (Å²) in [6.07, 6.45) is 2.80. The molecule has 5 rings (SSSR count). The van der Waals surface area contributed by atoms with Crippen molar-refractivity contribution in [3.05, 3.63) is 70.3 Å². The van der Waals surface area contributed by atoms with Crippen LogP contribution in [0.15, 0.2) is 42.5 Å². The number of carbonyl (C=O) groups is 4. The van der Waals surface area contributed by atoms with Crippen LogP contribution in [0.2, 0.25) is 0 Å². The largest absolute Gasteiger partial charge is 0.444 e. The van der Waals surface area contributed by atoms with E-state index in [0.29, 0.717) is 32.7 Å². The maximum atomic E-state index is 12.7. The number of hydrogen-bond donors (Lipinski definition) is 5. The van der Waals surface area contributed by atoms with E-state index in [4.69, 9.17) is 9.47 Å². The molecule has 2 aliphatic heterocycles. The number of piperidine rings is 1. The van der Waals surface area contributed by atoms with Crippen LogP contribution in [0.25, 0.3) is 0 Å². The standard InChI is InChI=1S/C34H45N5O7/c1-34(2,3)46-33(44)36-17-21-4-6-22(7-5-21)20-45-26-11-9-25(10-12-26)37-32(43)35-18-23-8-13-27-24(16-23)19-39(31(27)42)28-14-15-29(40)38-30(28)41/h4-8,13,16,25-26,28,31,42H,9-12,14-15,17-20H2,1-3H3,(H,36,44)(H2,35,37,43)(H,38,40,41). The zero-order valence-electron chi connectivity index (χ0n) is 26.8. The molecular formula is C34H45N5O7. The van der Waals surface area contributed by atoms with Gasteiger partial charge in [-0.15, -0.1) is 0 Å². The van der Waals surface area contributed by atoms with E-state index >= 15 is 0 Å². The Kier molecular flexibility index (Phi) is 10.6. The molecule has 2 heterocycles. The van der Waals surface area contributed by atoms with Gasteiger partial charge in [0.1, 0.15) is 11.8 Å². The second-order valence-electron chi connectivity index (χ2n) is 13.3. The van der Waals surface area contributed by atoms with Gasteiger partial charge in [0.05, 0.1) is 18.8 Å². The Morgan fingerprint density at radius 1 is 0.935 bits per heavy atom. The molecule has 12 heteroatoms. The fourth-order valence-corrected chi connectivity index (χ4v) is 6.15. The Morgan fingerprint density at radius 3 is 2.30 bits per heavy atom. The lowest BCUT2D eigenvalue weighted by atomic mass is 9.93. The highest BCUT2D eigenvalue weighted by atomic mass is 16.6. The Bertz CT molecular complexity index is 1420. The maximum Gasteiger partial charge on any atom is 0.407 e. The number of imide groups is 1. The third-order valence-electron chi connectivity index (χ3n) is 8.57. The first-order valence-corrected chi connectivity index (χ1v) is 16.0. The predicted octanol–water partition coefficient (Wildman–Crippen LogP) is 3.65. The molecule has 2 fully saturated rings. The number of amides is 5. The van der Waals surface area contributed by atoms with E-state index < -0.39 is 24.0 Å². The third kappa shape index (κ3) is 9.05. The fraction of sp³-hybridized carbons (Fsp3) is 0.529. The molecule has 3 aliphatic rings. The number of nitrogens with one attached hydrogen (secondary N) is 4. The zero-order chi connectivity index (χ0) is 32.8. The van der Waals surface area contributed by atoms with Crippen molar-refractivity contribution >= 4 is 23.9 Å². The molecule has 2 unspecified atom stereocenters. The molecule has 5 N–H and O–H groups in total. The van der Waals surface area contributed by atoms with Crippen LogP contribution in [0, 0.1) is 0 Å². The summed E-state index contributed by atoms with van der Waals surface area (Å²) in [5.41, 5.74) is 4.05. The molecule has 0 aromatic heterocycles. The van der Waals surface area contributed by atoms with Crippen molar-refractivity contribution < 1.29 is 33.8 Å². The van der Waals surface area contributed by atoms with Crippen LogP contribution in [-0.4, -0.2) is 57.7 Å². The minimum atomic E-state index is -0.913. The van der Waals surface area contributed by atoms with Crippen LogP contribution in [-0.2, 0) is 45.3 Å². The van der Waals surface area contributed by atoms with Crippen LogP contribution < -0.4 is 21.3 Å². The van der Waals surface area contributed by atoms with Gasteiger partial charge in [0.25, 0.3) is 0 Å². The van der Waals surface area contributed by atoms with Gasteiger partial charge in [-0.05, 0) is 80.7 Å². The van der Waals surface area contributed by atoms with E-state index in [1.54, 1.807) is 4.90 Å². The number of carbonyl (C=O) groups excluding carboxylic acids is 4. The highest BCUT2D eigenvalue weighted by molar-refractivity contribution is 6.00. The van der Waals surface area contributed by atoms with Crippen molar-refractivity contribution in [2.75, 3.05) is 0 Å². The maximum absolute atomic E-state index is 12.7. The molecule has 0 bridgehead atoms. The zero-order valence-corrected chi connectivity index (χ0v) is 26.8. The van der Waals surface area contributed by atoms with Crippen molar-refractivity contribution in [1.29, 1.82) is 0 Å². The first-order chi connectivity index (χ1) is 21.9. The molecule has 1 aliphatic carbocycles. The molecule has 2 aromatic carbocycles. The predicted molar refractivity (Wildman–Crippen MR) is 169 cm³/mol. The highest BCUT2D eigenvalue weighted by Gasteiger charge is 2.39. The second kappa shape index (κ2) is 14.6. The smallest absolute Gasteiger partial charge is 0.407 e. The Balaban J connectivity index is 0.985. The van der Waals surface area contributed by atoms with Gasteiger partial charge in [-0.3, -0.25) is 19.8 Å². The van der Waals surface area contributed by atoms with Crippen LogP contribution in [0.1, 0.15) is 93.3 Å². The van der Waals surface area contributed by atoms with Gasteiger partial charge in [0, 0.05) is 32.1 Å². The summed E-state index contributed by atoms with van der Waals surface area (Å²) in [5, 5.41) is 21.9. The molecular weight excluding hydrogens is 590 g/mol. The van der Waals surface area contributed by atoms with Gasteiger partial charge < -0.3 is 30.5 Å². The lowest BCUT2D eigenvalue weighted by Gasteiger charge is -2.31. The number of fused-ring (bicyclic) bond motifs is 1. The first kappa shape index (κ1) is 33.4. The summed E-state index contributed by atoms with van der Waals surface area (Å²) in [6.45, 7) is 7.12. The average molecular weight is 636 g/mol. The van der Waals surface area contributed by atoms with E-state index in [0.717, 1.165) is 53.5 Å². The van der Waals surface area contributed by atoms with E-state index in [1.807, 2.05) is 63.2 Å². The van der Waals surface area contributed by atoms with Gasteiger partial charge in [0.2, 0.25) is 11.8 Å². The third-order valence-corrected chi connectivity index (χ3v) is 8.57. The van der Waals surface area contributed by atoms with Crippen LogP contribution in [0.3, 0.4) is 0 Å². The quantitative estimate of drug-likeness (QED) is 0.261. The van der Waals surface area contributed by atoms with E-state index in [-0.39, 0.29) is 36.4 Å². The van der Waals surface area contributed by atoms with Crippen LogP contribution in [0.5, 0.6) is 0 Å². The topological polar surface area (TPSA) is 158 Å². The van der Waals surface area contributed by atoms with Crippen LogP contribution in [0.4, 0.5) is 9.59 Å². The molecule has 46 heavy (non-hydrogen) atoms. The number of rotatable bonds is 9. The molecule has 12 nitrogen and oxygen atoms in total. The number of ether oxygens (including phenoxy) is 2. The highest BCUT2D eigenvalue weighted by Crippen LogP contribution is 2.35. The van der Waals surface area contributed by atoms with Crippen molar-refractivity contribution in [1.82, 2.24) is 26.2 Å².